The zero-order valence-electron chi connectivity index (χ0n) is 23.4. The second kappa shape index (κ2) is 11.5. The smallest absolute Gasteiger partial charge is 0.410 e. The number of ketones is 1. The Morgan fingerprint density at radius 3 is 1.70 bits per heavy atom. The summed E-state index contributed by atoms with van der Waals surface area (Å²) in [5.41, 5.74) is 0.364. The van der Waals surface area contributed by atoms with Gasteiger partial charge in [-0.25, -0.2) is 9.59 Å². The fraction of sp³-hybridized carbons (Fsp3) is 0.897. The van der Waals surface area contributed by atoms with E-state index < -0.39 is 11.7 Å². The number of carboxylic acid groups (broad SMARTS) is 1. The average molecular weight is 520 g/mol. The highest BCUT2D eigenvalue weighted by molar-refractivity contribution is 5.79. The Morgan fingerprint density at radius 2 is 1.27 bits per heavy atom. The summed E-state index contributed by atoms with van der Waals surface area (Å²) in [6, 6.07) is 0.835. The van der Waals surface area contributed by atoms with E-state index in [1.165, 1.54) is 45.2 Å². The molecule has 5 aliphatic rings. The summed E-state index contributed by atoms with van der Waals surface area (Å²) < 4.78 is 5.40. The van der Waals surface area contributed by atoms with Gasteiger partial charge in [0.15, 0.2) is 0 Å². The number of rotatable bonds is 1. The number of piperidine rings is 2. The lowest BCUT2D eigenvalue weighted by atomic mass is 9.66. The summed E-state index contributed by atoms with van der Waals surface area (Å²) >= 11 is 0. The summed E-state index contributed by atoms with van der Waals surface area (Å²) in [6.45, 7) is 11.3. The number of hydrogen-bond donors (Lipinski definition) is 1. The maximum atomic E-state index is 12.0. The zero-order valence-corrected chi connectivity index (χ0v) is 23.4. The van der Waals surface area contributed by atoms with Crippen molar-refractivity contribution in [3.05, 3.63) is 0 Å². The van der Waals surface area contributed by atoms with Gasteiger partial charge in [0, 0.05) is 45.1 Å². The van der Waals surface area contributed by atoms with Gasteiger partial charge in [-0.05, 0) is 115 Å². The van der Waals surface area contributed by atoms with Crippen LogP contribution in [0.4, 0.5) is 9.59 Å². The standard InChI is InChI=1S/C15H25NO3.C14H24N2O2/c1-14(2,3)19-13(18)16-10-8-15(9-11-16)6-4-12(17)5-7-15;17-13(18)16-10-6-14(7-11-16)4-2-12(3-5-14)15-8-1-9-15/h4-11H2,1-3H3;12H,1-11H2,(H,17,18). The van der Waals surface area contributed by atoms with Crippen LogP contribution < -0.4 is 0 Å². The molecule has 2 spiro atoms. The molecule has 3 heterocycles. The van der Waals surface area contributed by atoms with Gasteiger partial charge in [0.2, 0.25) is 0 Å². The van der Waals surface area contributed by atoms with Crippen LogP contribution in [0.25, 0.3) is 0 Å². The van der Waals surface area contributed by atoms with Gasteiger partial charge >= 0.3 is 12.2 Å². The second-order valence-corrected chi connectivity index (χ2v) is 13.4. The highest BCUT2D eigenvalue weighted by atomic mass is 16.6. The van der Waals surface area contributed by atoms with Crippen molar-refractivity contribution in [1.82, 2.24) is 14.7 Å². The van der Waals surface area contributed by atoms with E-state index in [4.69, 9.17) is 9.84 Å². The zero-order chi connectivity index (χ0) is 26.7. The number of likely N-dealkylation sites (tertiary alicyclic amines) is 3. The fourth-order valence-electron chi connectivity index (χ4n) is 7.01. The van der Waals surface area contributed by atoms with E-state index in [9.17, 15) is 14.4 Å². The molecule has 0 aromatic carbocycles. The Morgan fingerprint density at radius 1 is 0.784 bits per heavy atom. The maximum Gasteiger partial charge on any atom is 0.410 e. The highest BCUT2D eigenvalue weighted by Gasteiger charge is 2.41. The first-order valence-corrected chi connectivity index (χ1v) is 14.7. The number of hydrogen-bond acceptors (Lipinski definition) is 5. The average Bonchev–Trinajstić information content (AvgIpc) is 2.82. The largest absolute Gasteiger partial charge is 0.465 e. The molecule has 0 atom stereocenters. The molecule has 0 bridgehead atoms. The second-order valence-electron chi connectivity index (χ2n) is 13.4. The molecule has 0 unspecified atom stereocenters. The highest BCUT2D eigenvalue weighted by Crippen LogP contribution is 2.46. The van der Waals surface area contributed by atoms with Crippen molar-refractivity contribution in [3.63, 3.8) is 0 Å². The molecule has 5 fully saturated rings. The molecule has 1 N–H and O–H groups in total. The minimum Gasteiger partial charge on any atom is -0.465 e. The van der Waals surface area contributed by atoms with E-state index >= 15 is 0 Å². The van der Waals surface area contributed by atoms with Gasteiger partial charge in [-0.3, -0.25) is 4.79 Å². The molecule has 37 heavy (non-hydrogen) atoms. The Hall–Kier alpha value is -1.83. The lowest BCUT2D eigenvalue weighted by Gasteiger charge is -2.49. The van der Waals surface area contributed by atoms with Gasteiger partial charge in [0.25, 0.3) is 0 Å². The number of amides is 2. The minimum atomic E-state index is -0.737. The summed E-state index contributed by atoms with van der Waals surface area (Å²) in [7, 11) is 0. The molecule has 2 aliphatic carbocycles. The van der Waals surface area contributed by atoms with Gasteiger partial charge in [0.1, 0.15) is 11.4 Å². The predicted molar refractivity (Wildman–Crippen MR) is 143 cm³/mol. The summed E-state index contributed by atoms with van der Waals surface area (Å²) in [4.78, 5) is 40.3. The Kier molecular flexibility index (Phi) is 8.76. The van der Waals surface area contributed by atoms with Crippen molar-refractivity contribution in [2.45, 2.75) is 116 Å². The van der Waals surface area contributed by atoms with Crippen molar-refractivity contribution in [1.29, 1.82) is 0 Å². The predicted octanol–water partition coefficient (Wildman–Crippen LogP) is 5.54. The molecule has 0 radical (unpaired) electrons. The number of carbonyl (C=O) groups is 3. The van der Waals surface area contributed by atoms with Gasteiger partial charge in [-0.2, -0.15) is 0 Å². The number of carbonyl (C=O) groups excluding carboxylic acids is 2. The van der Waals surface area contributed by atoms with E-state index in [-0.39, 0.29) is 6.09 Å². The molecule has 8 heteroatoms. The quantitative estimate of drug-likeness (QED) is 0.489. The lowest BCUT2D eigenvalue weighted by Crippen LogP contribution is -2.50. The molecule has 210 valence electrons. The number of ether oxygens (including phenoxy) is 1. The Labute approximate surface area is 223 Å². The van der Waals surface area contributed by atoms with Crippen LogP contribution in [0, 0.1) is 10.8 Å². The van der Waals surface area contributed by atoms with E-state index in [0.29, 0.717) is 16.6 Å². The molecule has 2 saturated carbocycles. The molecule has 3 aliphatic heterocycles. The molecule has 8 nitrogen and oxygen atoms in total. The van der Waals surface area contributed by atoms with Gasteiger partial charge in [-0.1, -0.05) is 0 Å². The number of Topliss-reactive ketones (excluding diaryl/α,β-unsaturated/α-hetero) is 1. The molecule has 0 aromatic rings. The van der Waals surface area contributed by atoms with Crippen LogP contribution in [-0.2, 0) is 9.53 Å². The van der Waals surface area contributed by atoms with Crippen molar-refractivity contribution < 1.29 is 24.2 Å². The van der Waals surface area contributed by atoms with Gasteiger partial charge in [-0.15, -0.1) is 0 Å². The molecular weight excluding hydrogens is 470 g/mol. The van der Waals surface area contributed by atoms with E-state index in [1.54, 1.807) is 4.90 Å². The molecule has 0 aromatic heterocycles. The minimum absolute atomic E-state index is 0.200. The third kappa shape index (κ3) is 7.39. The Bertz CT molecular complexity index is 796. The van der Waals surface area contributed by atoms with Crippen LogP contribution in [0.2, 0.25) is 0 Å². The van der Waals surface area contributed by atoms with Crippen molar-refractivity contribution >= 4 is 18.0 Å². The Balaban J connectivity index is 0.000000173. The molecular formula is C29H49N3O5. The third-order valence-corrected chi connectivity index (χ3v) is 9.86. The monoisotopic (exact) mass is 519 g/mol. The molecule has 2 amide bonds. The van der Waals surface area contributed by atoms with Crippen LogP contribution in [0.15, 0.2) is 0 Å². The first-order valence-electron chi connectivity index (χ1n) is 14.7. The third-order valence-electron chi connectivity index (χ3n) is 9.86. The summed E-state index contributed by atoms with van der Waals surface area (Å²) in [5, 5.41) is 9.00. The van der Waals surface area contributed by atoms with E-state index in [0.717, 1.165) is 83.6 Å². The first-order chi connectivity index (χ1) is 17.5. The van der Waals surface area contributed by atoms with Crippen LogP contribution in [0.5, 0.6) is 0 Å². The lowest BCUT2D eigenvalue weighted by molar-refractivity contribution is -0.123. The van der Waals surface area contributed by atoms with Crippen molar-refractivity contribution in [2.24, 2.45) is 10.8 Å². The number of nitrogens with zero attached hydrogens (tertiary/aromatic N) is 3. The summed E-state index contributed by atoms with van der Waals surface area (Å²) in [5.74, 6) is 0.403. The molecule has 3 saturated heterocycles. The summed E-state index contributed by atoms with van der Waals surface area (Å²) in [6.07, 6.45) is 13.4. The van der Waals surface area contributed by atoms with Crippen LogP contribution in [0.3, 0.4) is 0 Å². The van der Waals surface area contributed by atoms with E-state index in [2.05, 4.69) is 4.90 Å². The van der Waals surface area contributed by atoms with Crippen LogP contribution in [0.1, 0.15) is 104 Å². The normalized spacial score (nSPS) is 26.3. The van der Waals surface area contributed by atoms with Crippen molar-refractivity contribution in [3.8, 4) is 0 Å². The SMILES string of the molecule is CC(C)(C)OC(=O)N1CCC2(CCC(=O)CC2)CC1.O=C(O)N1CCC2(CCC(N3CCC3)CC2)CC1. The molecule has 5 rings (SSSR count). The van der Waals surface area contributed by atoms with E-state index in [1.807, 2.05) is 25.7 Å². The fourth-order valence-corrected chi connectivity index (χ4v) is 7.01. The first kappa shape index (κ1) is 28.2. The van der Waals surface area contributed by atoms with Gasteiger partial charge < -0.3 is 24.5 Å². The van der Waals surface area contributed by atoms with Crippen molar-refractivity contribution in [2.75, 3.05) is 39.3 Å². The topological polar surface area (TPSA) is 90.4 Å². The van der Waals surface area contributed by atoms with Crippen LogP contribution in [-0.4, -0.2) is 88.7 Å². The van der Waals surface area contributed by atoms with Gasteiger partial charge in [0.05, 0.1) is 0 Å². The van der Waals surface area contributed by atoms with Crippen LogP contribution >= 0.6 is 0 Å². The maximum absolute atomic E-state index is 12.0.